The summed E-state index contributed by atoms with van der Waals surface area (Å²) in [4.78, 5) is 0. The SMILES string of the molecule is CCC(C)C(N)c1cc(C)cc(Cl)c1. The molecule has 14 heavy (non-hydrogen) atoms. The number of rotatable bonds is 3. The Morgan fingerprint density at radius 2 is 2.00 bits per heavy atom. The quantitative estimate of drug-likeness (QED) is 0.811. The first kappa shape index (κ1) is 11.5. The van der Waals surface area contributed by atoms with Crippen molar-refractivity contribution in [3.05, 3.63) is 34.3 Å². The highest BCUT2D eigenvalue weighted by Gasteiger charge is 2.13. The van der Waals surface area contributed by atoms with E-state index < -0.39 is 0 Å². The molecule has 2 atom stereocenters. The van der Waals surface area contributed by atoms with Crippen LogP contribution in [0.1, 0.15) is 37.4 Å². The van der Waals surface area contributed by atoms with Crippen LogP contribution in [0.3, 0.4) is 0 Å². The van der Waals surface area contributed by atoms with Crippen LogP contribution in [0.4, 0.5) is 0 Å². The van der Waals surface area contributed by atoms with Gasteiger partial charge in [-0.05, 0) is 36.1 Å². The van der Waals surface area contributed by atoms with Gasteiger partial charge >= 0.3 is 0 Å². The molecule has 0 spiro atoms. The molecule has 1 rings (SSSR count). The minimum Gasteiger partial charge on any atom is -0.324 e. The number of hydrogen-bond donors (Lipinski definition) is 1. The summed E-state index contributed by atoms with van der Waals surface area (Å²) in [5.41, 5.74) is 8.44. The lowest BCUT2D eigenvalue weighted by molar-refractivity contribution is 0.457. The summed E-state index contributed by atoms with van der Waals surface area (Å²) < 4.78 is 0. The highest BCUT2D eigenvalue weighted by molar-refractivity contribution is 6.30. The van der Waals surface area contributed by atoms with E-state index in [4.69, 9.17) is 17.3 Å². The average Bonchev–Trinajstić information content (AvgIpc) is 2.14. The van der Waals surface area contributed by atoms with Gasteiger partial charge in [0.1, 0.15) is 0 Å². The number of hydrogen-bond acceptors (Lipinski definition) is 1. The van der Waals surface area contributed by atoms with Crippen LogP contribution in [-0.4, -0.2) is 0 Å². The zero-order valence-electron chi connectivity index (χ0n) is 9.05. The second-order valence-electron chi connectivity index (χ2n) is 3.97. The molecule has 1 nitrogen and oxygen atoms in total. The van der Waals surface area contributed by atoms with E-state index in [9.17, 15) is 0 Å². The fraction of sp³-hybridized carbons (Fsp3) is 0.500. The largest absolute Gasteiger partial charge is 0.324 e. The van der Waals surface area contributed by atoms with Gasteiger partial charge in [0.2, 0.25) is 0 Å². The first-order valence-corrected chi connectivity index (χ1v) is 5.45. The van der Waals surface area contributed by atoms with E-state index in [1.165, 1.54) is 5.56 Å². The van der Waals surface area contributed by atoms with Crippen LogP contribution in [0, 0.1) is 12.8 Å². The molecule has 0 aliphatic rings. The van der Waals surface area contributed by atoms with Gasteiger partial charge in [-0.1, -0.05) is 37.9 Å². The molecule has 0 aliphatic heterocycles. The molecule has 0 aliphatic carbocycles. The maximum atomic E-state index is 6.13. The molecule has 2 heteroatoms. The predicted molar refractivity (Wildman–Crippen MR) is 62.6 cm³/mol. The Kier molecular flexibility index (Phi) is 3.97. The maximum absolute atomic E-state index is 6.13. The molecular weight excluding hydrogens is 194 g/mol. The molecule has 0 amide bonds. The van der Waals surface area contributed by atoms with Crippen LogP contribution in [0.15, 0.2) is 18.2 Å². The van der Waals surface area contributed by atoms with Crippen LogP contribution >= 0.6 is 11.6 Å². The van der Waals surface area contributed by atoms with Crippen LogP contribution in [0.5, 0.6) is 0 Å². The van der Waals surface area contributed by atoms with Crippen molar-refractivity contribution in [2.45, 2.75) is 33.2 Å². The fourth-order valence-corrected chi connectivity index (χ4v) is 1.84. The Balaban J connectivity index is 2.94. The summed E-state index contributed by atoms with van der Waals surface area (Å²) in [7, 11) is 0. The van der Waals surface area contributed by atoms with Gasteiger partial charge < -0.3 is 5.73 Å². The van der Waals surface area contributed by atoms with Crippen LogP contribution in [0.25, 0.3) is 0 Å². The number of benzene rings is 1. The number of halogens is 1. The lowest BCUT2D eigenvalue weighted by Crippen LogP contribution is -2.18. The Bertz CT molecular complexity index is 289. The second kappa shape index (κ2) is 4.81. The summed E-state index contributed by atoms with van der Waals surface area (Å²) in [6, 6.07) is 6.13. The molecule has 0 saturated carbocycles. The summed E-state index contributed by atoms with van der Waals surface area (Å²) in [5.74, 6) is 0.493. The number of aryl methyl sites for hydroxylation is 1. The molecule has 1 aromatic carbocycles. The van der Waals surface area contributed by atoms with Crippen molar-refractivity contribution in [1.82, 2.24) is 0 Å². The molecule has 2 N–H and O–H groups in total. The summed E-state index contributed by atoms with van der Waals surface area (Å²) in [6.07, 6.45) is 1.09. The van der Waals surface area contributed by atoms with Gasteiger partial charge in [-0.2, -0.15) is 0 Å². The minimum absolute atomic E-state index is 0.0948. The first-order chi connectivity index (χ1) is 6.54. The number of nitrogens with two attached hydrogens (primary N) is 1. The second-order valence-corrected chi connectivity index (χ2v) is 4.41. The van der Waals surface area contributed by atoms with E-state index in [1.54, 1.807) is 0 Å². The minimum atomic E-state index is 0.0948. The van der Waals surface area contributed by atoms with Gasteiger partial charge in [-0.3, -0.25) is 0 Å². The third-order valence-corrected chi connectivity index (χ3v) is 2.92. The Morgan fingerprint density at radius 1 is 1.36 bits per heavy atom. The molecule has 0 aromatic heterocycles. The van der Waals surface area contributed by atoms with Crippen LogP contribution in [-0.2, 0) is 0 Å². The normalized spacial score (nSPS) is 15.2. The van der Waals surface area contributed by atoms with Crippen molar-refractivity contribution in [2.24, 2.45) is 11.7 Å². The topological polar surface area (TPSA) is 26.0 Å². The van der Waals surface area contributed by atoms with Crippen molar-refractivity contribution in [2.75, 3.05) is 0 Å². The Hall–Kier alpha value is -0.530. The lowest BCUT2D eigenvalue weighted by atomic mass is 9.92. The van der Waals surface area contributed by atoms with E-state index in [0.717, 1.165) is 17.0 Å². The third-order valence-electron chi connectivity index (χ3n) is 2.71. The molecule has 1 aromatic rings. The average molecular weight is 212 g/mol. The van der Waals surface area contributed by atoms with Crippen molar-refractivity contribution in [3.63, 3.8) is 0 Å². The highest BCUT2D eigenvalue weighted by atomic mass is 35.5. The van der Waals surface area contributed by atoms with Gasteiger partial charge in [0.25, 0.3) is 0 Å². The molecule has 0 heterocycles. The van der Waals surface area contributed by atoms with E-state index in [2.05, 4.69) is 19.9 Å². The zero-order chi connectivity index (χ0) is 10.7. The molecule has 0 radical (unpaired) electrons. The van der Waals surface area contributed by atoms with Gasteiger partial charge in [-0.25, -0.2) is 0 Å². The van der Waals surface area contributed by atoms with Crippen molar-refractivity contribution < 1.29 is 0 Å². The van der Waals surface area contributed by atoms with E-state index >= 15 is 0 Å². The smallest absolute Gasteiger partial charge is 0.0411 e. The molecule has 0 bridgehead atoms. The van der Waals surface area contributed by atoms with Gasteiger partial charge in [0, 0.05) is 11.1 Å². The fourth-order valence-electron chi connectivity index (χ4n) is 1.54. The standard InChI is InChI=1S/C12H18ClN/c1-4-9(3)12(14)10-5-8(2)6-11(13)7-10/h5-7,9,12H,4,14H2,1-3H3. The molecule has 0 saturated heterocycles. The highest BCUT2D eigenvalue weighted by Crippen LogP contribution is 2.25. The molecule has 0 fully saturated rings. The van der Waals surface area contributed by atoms with Gasteiger partial charge in [0.15, 0.2) is 0 Å². The van der Waals surface area contributed by atoms with Gasteiger partial charge in [0.05, 0.1) is 0 Å². The van der Waals surface area contributed by atoms with Crippen LogP contribution < -0.4 is 5.73 Å². The van der Waals surface area contributed by atoms with Crippen LogP contribution in [0.2, 0.25) is 5.02 Å². The first-order valence-electron chi connectivity index (χ1n) is 5.07. The van der Waals surface area contributed by atoms with Crippen molar-refractivity contribution in [1.29, 1.82) is 0 Å². The zero-order valence-corrected chi connectivity index (χ0v) is 9.81. The molecule has 78 valence electrons. The third kappa shape index (κ3) is 2.73. The maximum Gasteiger partial charge on any atom is 0.0411 e. The van der Waals surface area contributed by atoms with Crippen molar-refractivity contribution in [3.8, 4) is 0 Å². The Morgan fingerprint density at radius 3 is 2.50 bits per heavy atom. The summed E-state index contributed by atoms with van der Waals surface area (Å²) in [5, 5.41) is 0.777. The van der Waals surface area contributed by atoms with E-state index in [1.807, 2.05) is 19.1 Å². The molecule has 2 unspecified atom stereocenters. The summed E-state index contributed by atoms with van der Waals surface area (Å²) >= 11 is 5.99. The lowest BCUT2D eigenvalue weighted by Gasteiger charge is -2.19. The summed E-state index contributed by atoms with van der Waals surface area (Å²) in [6.45, 7) is 6.36. The Labute approximate surface area is 91.3 Å². The van der Waals surface area contributed by atoms with E-state index in [-0.39, 0.29) is 6.04 Å². The molecular formula is C12H18ClN. The van der Waals surface area contributed by atoms with Gasteiger partial charge in [-0.15, -0.1) is 0 Å². The monoisotopic (exact) mass is 211 g/mol. The van der Waals surface area contributed by atoms with Crippen molar-refractivity contribution >= 4 is 11.6 Å². The predicted octanol–water partition coefficient (Wildman–Crippen LogP) is 3.69. The van der Waals surface area contributed by atoms with E-state index in [0.29, 0.717) is 5.92 Å².